The summed E-state index contributed by atoms with van der Waals surface area (Å²) in [6.07, 6.45) is 1.51. The topological polar surface area (TPSA) is 69.6 Å². The molecule has 0 aliphatic carbocycles. The monoisotopic (exact) mass is 386 g/mol. The van der Waals surface area contributed by atoms with Crippen LogP contribution in [-0.2, 0) is 7.05 Å². The highest BCUT2D eigenvalue weighted by molar-refractivity contribution is 6.31. The minimum Gasteiger partial charge on any atom is -0.495 e. The Labute approximate surface area is 161 Å². The number of hydrogen-bond donors (Lipinski definition) is 1. The summed E-state index contributed by atoms with van der Waals surface area (Å²) in [4.78, 5) is 25.7. The van der Waals surface area contributed by atoms with Gasteiger partial charge in [-0.3, -0.25) is 9.59 Å². The summed E-state index contributed by atoms with van der Waals surface area (Å²) in [6.45, 7) is 2.35. The number of pyridine rings is 1. The number of aromatic nitrogens is 1. The van der Waals surface area contributed by atoms with Gasteiger partial charge in [-0.25, -0.2) is 0 Å². The fourth-order valence-electron chi connectivity index (χ4n) is 2.86. The molecule has 3 aromatic rings. The van der Waals surface area contributed by atoms with Crippen molar-refractivity contribution in [2.75, 3.05) is 19.0 Å². The molecule has 27 heavy (non-hydrogen) atoms. The van der Waals surface area contributed by atoms with E-state index in [1.807, 2.05) is 6.92 Å². The predicted molar refractivity (Wildman–Crippen MR) is 106 cm³/mol. The van der Waals surface area contributed by atoms with Crippen molar-refractivity contribution >= 4 is 34.1 Å². The smallest absolute Gasteiger partial charge is 0.261 e. The van der Waals surface area contributed by atoms with E-state index >= 15 is 0 Å². The van der Waals surface area contributed by atoms with E-state index in [4.69, 9.17) is 21.1 Å². The Morgan fingerprint density at radius 1 is 1.22 bits per heavy atom. The van der Waals surface area contributed by atoms with E-state index in [1.165, 1.54) is 13.3 Å². The van der Waals surface area contributed by atoms with Crippen molar-refractivity contribution in [3.63, 3.8) is 0 Å². The van der Waals surface area contributed by atoms with Crippen molar-refractivity contribution in [2.24, 2.45) is 7.05 Å². The Balaban J connectivity index is 2.06. The molecule has 6 nitrogen and oxygen atoms in total. The molecule has 3 rings (SSSR count). The number of carbonyl (C=O) groups is 1. The molecule has 0 atom stereocenters. The van der Waals surface area contributed by atoms with E-state index in [0.29, 0.717) is 39.7 Å². The maximum absolute atomic E-state index is 12.9. The number of ether oxygens (including phenoxy) is 2. The number of halogens is 1. The normalized spacial score (nSPS) is 10.7. The lowest BCUT2D eigenvalue weighted by atomic mass is 10.1. The van der Waals surface area contributed by atoms with Crippen LogP contribution in [0.4, 0.5) is 5.69 Å². The molecule has 0 saturated heterocycles. The van der Waals surface area contributed by atoms with E-state index in [1.54, 1.807) is 48.0 Å². The Morgan fingerprint density at radius 2 is 2.00 bits per heavy atom. The molecule has 0 aliphatic rings. The lowest BCUT2D eigenvalue weighted by Gasteiger charge is -2.13. The molecule has 1 aromatic heterocycles. The Kier molecular flexibility index (Phi) is 5.37. The van der Waals surface area contributed by atoms with Crippen LogP contribution in [0.15, 0.2) is 47.4 Å². The maximum Gasteiger partial charge on any atom is 0.261 e. The first-order valence-corrected chi connectivity index (χ1v) is 8.73. The number of carbonyl (C=O) groups excluding carboxylic acids is 1. The average Bonchev–Trinajstić information content (AvgIpc) is 2.65. The van der Waals surface area contributed by atoms with E-state index in [2.05, 4.69) is 5.32 Å². The quantitative estimate of drug-likeness (QED) is 0.723. The largest absolute Gasteiger partial charge is 0.495 e. The minimum atomic E-state index is -0.542. The van der Waals surface area contributed by atoms with Gasteiger partial charge in [-0.1, -0.05) is 11.6 Å². The number of hydrogen-bond acceptors (Lipinski definition) is 4. The van der Waals surface area contributed by atoms with Crippen LogP contribution < -0.4 is 20.2 Å². The van der Waals surface area contributed by atoms with Gasteiger partial charge in [0.15, 0.2) is 0 Å². The highest BCUT2D eigenvalue weighted by atomic mass is 35.5. The van der Waals surface area contributed by atoms with Gasteiger partial charge in [0.05, 0.1) is 30.3 Å². The standard InChI is InChI=1S/C20H19ClN2O4/c1-4-27-13-6-7-17-14(10-13)19(24)15(11-23(17)2)20(25)22-16-9-12(21)5-8-18(16)26-3/h5-11H,4H2,1-3H3,(H,22,25). The van der Waals surface area contributed by atoms with Gasteiger partial charge in [-0.2, -0.15) is 0 Å². The molecule has 2 aromatic carbocycles. The highest BCUT2D eigenvalue weighted by Gasteiger charge is 2.17. The van der Waals surface area contributed by atoms with E-state index < -0.39 is 5.91 Å². The zero-order chi connectivity index (χ0) is 19.6. The average molecular weight is 387 g/mol. The maximum atomic E-state index is 12.9. The third-order valence-electron chi connectivity index (χ3n) is 4.13. The molecular weight excluding hydrogens is 368 g/mol. The van der Waals surface area contributed by atoms with Crippen molar-refractivity contribution in [1.29, 1.82) is 0 Å². The van der Waals surface area contributed by atoms with Gasteiger partial charge in [0.1, 0.15) is 17.1 Å². The summed E-state index contributed by atoms with van der Waals surface area (Å²) in [7, 11) is 3.27. The molecule has 1 N–H and O–H groups in total. The first-order chi connectivity index (χ1) is 12.9. The molecular formula is C20H19ClN2O4. The number of anilines is 1. The summed E-state index contributed by atoms with van der Waals surface area (Å²) >= 11 is 6.00. The fraction of sp³-hybridized carbons (Fsp3) is 0.200. The van der Waals surface area contributed by atoms with Crippen molar-refractivity contribution in [3.8, 4) is 11.5 Å². The number of methoxy groups -OCH3 is 1. The molecule has 0 radical (unpaired) electrons. The molecule has 1 heterocycles. The second-order valence-electron chi connectivity index (χ2n) is 5.89. The Morgan fingerprint density at radius 3 is 2.70 bits per heavy atom. The van der Waals surface area contributed by atoms with Gasteiger partial charge in [-0.05, 0) is 43.3 Å². The van der Waals surface area contributed by atoms with Crippen LogP contribution in [0.25, 0.3) is 10.9 Å². The molecule has 0 spiro atoms. The minimum absolute atomic E-state index is 0.0145. The fourth-order valence-corrected chi connectivity index (χ4v) is 3.03. The Hall–Kier alpha value is -2.99. The number of aryl methyl sites for hydroxylation is 1. The predicted octanol–water partition coefficient (Wildman–Crippen LogP) is 3.85. The molecule has 0 fully saturated rings. The van der Waals surface area contributed by atoms with E-state index in [0.717, 1.165) is 0 Å². The highest BCUT2D eigenvalue weighted by Crippen LogP contribution is 2.28. The molecule has 0 aliphatic heterocycles. The number of nitrogens with zero attached hydrogens (tertiary/aromatic N) is 1. The summed E-state index contributed by atoms with van der Waals surface area (Å²) in [5.74, 6) is 0.486. The summed E-state index contributed by atoms with van der Waals surface area (Å²) in [5, 5.41) is 3.55. The first-order valence-electron chi connectivity index (χ1n) is 8.35. The first kappa shape index (κ1) is 18.8. The van der Waals surface area contributed by atoms with Crippen LogP contribution in [0, 0.1) is 0 Å². The summed E-state index contributed by atoms with van der Waals surface area (Å²) < 4.78 is 12.4. The van der Waals surface area contributed by atoms with Gasteiger partial charge in [0.2, 0.25) is 5.43 Å². The number of rotatable bonds is 5. The van der Waals surface area contributed by atoms with Crippen molar-refractivity contribution in [3.05, 3.63) is 63.4 Å². The van der Waals surface area contributed by atoms with Crippen LogP contribution in [-0.4, -0.2) is 24.2 Å². The zero-order valence-electron chi connectivity index (χ0n) is 15.2. The van der Waals surface area contributed by atoms with Crippen LogP contribution in [0.3, 0.4) is 0 Å². The molecule has 0 unspecified atom stereocenters. The second-order valence-corrected chi connectivity index (χ2v) is 6.33. The Bertz CT molecular complexity index is 1080. The molecule has 0 saturated carbocycles. The van der Waals surface area contributed by atoms with Gasteiger partial charge >= 0.3 is 0 Å². The zero-order valence-corrected chi connectivity index (χ0v) is 16.0. The lowest BCUT2D eigenvalue weighted by molar-refractivity contribution is 0.102. The van der Waals surface area contributed by atoms with Crippen LogP contribution in [0.2, 0.25) is 5.02 Å². The molecule has 7 heteroatoms. The van der Waals surface area contributed by atoms with Gasteiger partial charge in [0.25, 0.3) is 5.91 Å². The van der Waals surface area contributed by atoms with Gasteiger partial charge in [0, 0.05) is 18.3 Å². The van der Waals surface area contributed by atoms with E-state index in [-0.39, 0.29) is 11.0 Å². The second kappa shape index (κ2) is 7.72. The number of fused-ring (bicyclic) bond motifs is 1. The number of amides is 1. The molecule has 0 bridgehead atoms. The number of benzene rings is 2. The third-order valence-corrected chi connectivity index (χ3v) is 4.36. The number of nitrogens with one attached hydrogen (secondary N) is 1. The SMILES string of the molecule is CCOc1ccc2c(c1)c(=O)c(C(=O)Nc1cc(Cl)ccc1OC)cn2C. The van der Waals surface area contributed by atoms with Gasteiger partial charge in [-0.15, -0.1) is 0 Å². The molecule has 140 valence electrons. The van der Waals surface area contributed by atoms with Crippen LogP contribution >= 0.6 is 11.6 Å². The summed E-state index contributed by atoms with van der Waals surface area (Å²) in [5.41, 5.74) is 0.740. The third kappa shape index (κ3) is 3.75. The van der Waals surface area contributed by atoms with Gasteiger partial charge < -0.3 is 19.4 Å². The van der Waals surface area contributed by atoms with Crippen LogP contribution in [0.5, 0.6) is 11.5 Å². The van der Waals surface area contributed by atoms with Crippen LogP contribution in [0.1, 0.15) is 17.3 Å². The van der Waals surface area contributed by atoms with Crippen molar-refractivity contribution < 1.29 is 14.3 Å². The molecule has 1 amide bonds. The van der Waals surface area contributed by atoms with E-state index in [9.17, 15) is 9.59 Å². The van der Waals surface area contributed by atoms with Crippen molar-refractivity contribution in [1.82, 2.24) is 4.57 Å². The summed E-state index contributed by atoms with van der Waals surface area (Å²) in [6, 6.07) is 10.1. The lowest BCUT2D eigenvalue weighted by Crippen LogP contribution is -2.23. The van der Waals surface area contributed by atoms with Crippen molar-refractivity contribution in [2.45, 2.75) is 6.92 Å².